The van der Waals surface area contributed by atoms with Gasteiger partial charge in [-0.3, -0.25) is 9.79 Å². The number of nitrogens with zero attached hydrogens (tertiary/aromatic N) is 1. The van der Waals surface area contributed by atoms with E-state index in [0.29, 0.717) is 13.0 Å². The fourth-order valence-corrected chi connectivity index (χ4v) is 3.85. The molecule has 0 radical (unpaired) electrons. The van der Waals surface area contributed by atoms with Crippen molar-refractivity contribution < 1.29 is 4.79 Å². The molecule has 1 aliphatic heterocycles. The Bertz CT molecular complexity index is 843. The normalized spacial score (nSPS) is 15.7. The Kier molecular flexibility index (Phi) is 9.93. The van der Waals surface area contributed by atoms with Gasteiger partial charge < -0.3 is 16.0 Å². The third-order valence-corrected chi connectivity index (χ3v) is 5.24. The fourth-order valence-electron chi connectivity index (χ4n) is 3.40. The first-order chi connectivity index (χ1) is 13.7. The first kappa shape index (κ1) is 23.7. The van der Waals surface area contributed by atoms with Crippen LogP contribution in [0.4, 0.5) is 5.69 Å². The molecule has 0 fully saturated rings. The number of carbonyl (C=O) groups excluding carboxylic acids is 1. The van der Waals surface area contributed by atoms with E-state index in [1.54, 1.807) is 0 Å². The largest absolute Gasteiger partial charge is 0.357 e. The van der Waals surface area contributed by atoms with Crippen LogP contribution < -0.4 is 16.0 Å². The second-order valence-electron chi connectivity index (χ2n) is 6.92. The molecule has 1 amide bonds. The number of halogens is 2. The minimum Gasteiger partial charge on any atom is -0.357 e. The van der Waals surface area contributed by atoms with Gasteiger partial charge in [-0.05, 0) is 49.1 Å². The lowest BCUT2D eigenvalue weighted by Crippen LogP contribution is -2.38. The molecule has 0 bridgehead atoms. The standard InChI is InChI=1S/C22H27BrN4O.HI/c1-2-24-22(25-12-6-8-16-7-5-9-18(23)13-16)26-15-17-14-21(28)27-20-11-4-3-10-19(17)20;/h3-5,7,9-11,13,17H,2,6,8,12,14-15H2,1H3,(H,27,28)(H2,24,25,26);1H. The molecule has 0 aliphatic carbocycles. The maximum Gasteiger partial charge on any atom is 0.225 e. The van der Waals surface area contributed by atoms with Crippen LogP contribution in [0.1, 0.15) is 36.8 Å². The van der Waals surface area contributed by atoms with E-state index in [-0.39, 0.29) is 35.8 Å². The van der Waals surface area contributed by atoms with Gasteiger partial charge >= 0.3 is 0 Å². The Morgan fingerprint density at radius 2 is 2.03 bits per heavy atom. The molecule has 0 spiro atoms. The first-order valence-electron chi connectivity index (χ1n) is 9.81. The van der Waals surface area contributed by atoms with E-state index in [0.717, 1.165) is 47.6 Å². The lowest BCUT2D eigenvalue weighted by molar-refractivity contribution is -0.116. The Morgan fingerprint density at radius 1 is 1.21 bits per heavy atom. The molecule has 29 heavy (non-hydrogen) atoms. The number of hydrogen-bond donors (Lipinski definition) is 3. The molecule has 1 heterocycles. The first-order valence-corrected chi connectivity index (χ1v) is 10.6. The van der Waals surface area contributed by atoms with Crippen LogP contribution >= 0.6 is 39.9 Å². The zero-order valence-corrected chi connectivity index (χ0v) is 20.5. The zero-order valence-electron chi connectivity index (χ0n) is 16.6. The number of hydrogen-bond acceptors (Lipinski definition) is 2. The second kappa shape index (κ2) is 12.2. The topological polar surface area (TPSA) is 65.5 Å². The van der Waals surface area contributed by atoms with E-state index in [2.05, 4.69) is 63.1 Å². The van der Waals surface area contributed by atoms with Crippen molar-refractivity contribution in [1.82, 2.24) is 10.6 Å². The predicted octanol–water partition coefficient (Wildman–Crippen LogP) is 4.68. The van der Waals surface area contributed by atoms with Crippen LogP contribution in [0.2, 0.25) is 0 Å². The number of benzene rings is 2. The minimum absolute atomic E-state index is 0. The summed E-state index contributed by atoms with van der Waals surface area (Å²) in [4.78, 5) is 16.7. The predicted molar refractivity (Wildman–Crippen MR) is 134 cm³/mol. The summed E-state index contributed by atoms with van der Waals surface area (Å²) in [6.45, 7) is 4.30. The van der Waals surface area contributed by atoms with Crippen LogP contribution in [0.15, 0.2) is 58.0 Å². The van der Waals surface area contributed by atoms with Crippen molar-refractivity contribution in [2.24, 2.45) is 4.99 Å². The van der Waals surface area contributed by atoms with Crippen LogP contribution in [-0.2, 0) is 11.2 Å². The maximum absolute atomic E-state index is 12.0. The molecule has 2 aromatic carbocycles. The summed E-state index contributed by atoms with van der Waals surface area (Å²) in [6, 6.07) is 16.4. The fraction of sp³-hybridized carbons (Fsp3) is 0.364. The van der Waals surface area contributed by atoms with Gasteiger partial charge in [0, 0.05) is 35.6 Å². The maximum atomic E-state index is 12.0. The Balaban J connectivity index is 0.00000300. The van der Waals surface area contributed by atoms with Crippen molar-refractivity contribution in [2.45, 2.75) is 32.1 Å². The number of rotatable bonds is 7. The summed E-state index contributed by atoms with van der Waals surface area (Å²) >= 11 is 3.52. The molecular weight excluding hydrogens is 543 g/mol. The van der Waals surface area contributed by atoms with E-state index < -0.39 is 0 Å². The number of fused-ring (bicyclic) bond motifs is 1. The van der Waals surface area contributed by atoms with Gasteiger partial charge in [0.1, 0.15) is 0 Å². The highest BCUT2D eigenvalue weighted by Gasteiger charge is 2.24. The summed E-state index contributed by atoms with van der Waals surface area (Å²) in [6.07, 6.45) is 2.51. The van der Waals surface area contributed by atoms with Gasteiger partial charge in [-0.2, -0.15) is 0 Å². The molecular formula is C22H28BrIN4O. The number of anilines is 1. The van der Waals surface area contributed by atoms with E-state index in [4.69, 9.17) is 4.99 Å². The third-order valence-electron chi connectivity index (χ3n) is 4.74. The number of guanidine groups is 1. The highest BCUT2D eigenvalue weighted by atomic mass is 127. The number of amides is 1. The van der Waals surface area contributed by atoms with Crippen molar-refractivity contribution in [2.75, 3.05) is 25.0 Å². The number of carbonyl (C=O) groups is 1. The van der Waals surface area contributed by atoms with Crippen molar-refractivity contribution in [3.8, 4) is 0 Å². The average molecular weight is 571 g/mol. The SMILES string of the molecule is CCNC(=NCC1CC(=O)Nc2ccccc21)NCCCc1cccc(Br)c1.I. The summed E-state index contributed by atoms with van der Waals surface area (Å²) in [5.41, 5.74) is 3.39. The lowest BCUT2D eigenvalue weighted by atomic mass is 9.91. The smallest absolute Gasteiger partial charge is 0.225 e. The van der Waals surface area contributed by atoms with Gasteiger partial charge in [-0.15, -0.1) is 24.0 Å². The highest BCUT2D eigenvalue weighted by molar-refractivity contribution is 14.0. The highest BCUT2D eigenvalue weighted by Crippen LogP contribution is 2.31. The molecule has 3 rings (SSSR count). The molecule has 0 saturated carbocycles. The molecule has 3 N–H and O–H groups in total. The Morgan fingerprint density at radius 3 is 2.83 bits per heavy atom. The molecule has 5 nitrogen and oxygen atoms in total. The Labute approximate surface area is 198 Å². The van der Waals surface area contributed by atoms with Crippen LogP contribution in [-0.4, -0.2) is 31.5 Å². The number of aryl methyl sites for hydroxylation is 1. The van der Waals surface area contributed by atoms with Gasteiger partial charge in [0.2, 0.25) is 5.91 Å². The van der Waals surface area contributed by atoms with E-state index >= 15 is 0 Å². The van der Waals surface area contributed by atoms with Crippen molar-refractivity contribution in [3.05, 3.63) is 64.1 Å². The Hall–Kier alpha value is -1.61. The molecule has 0 aromatic heterocycles. The van der Waals surface area contributed by atoms with Gasteiger partial charge in [0.05, 0.1) is 6.54 Å². The summed E-state index contributed by atoms with van der Waals surface area (Å²) in [5, 5.41) is 9.64. The van der Waals surface area contributed by atoms with E-state index in [9.17, 15) is 4.79 Å². The van der Waals surface area contributed by atoms with E-state index in [1.165, 1.54) is 5.56 Å². The molecule has 2 aromatic rings. The second-order valence-corrected chi connectivity index (χ2v) is 7.83. The van der Waals surface area contributed by atoms with Gasteiger partial charge in [-0.25, -0.2) is 0 Å². The summed E-state index contributed by atoms with van der Waals surface area (Å²) in [7, 11) is 0. The van der Waals surface area contributed by atoms with Crippen molar-refractivity contribution in [3.63, 3.8) is 0 Å². The van der Waals surface area contributed by atoms with Crippen LogP contribution in [0.5, 0.6) is 0 Å². The number of nitrogens with one attached hydrogen (secondary N) is 3. The average Bonchev–Trinajstić information content (AvgIpc) is 2.69. The summed E-state index contributed by atoms with van der Waals surface area (Å²) in [5.74, 6) is 0.980. The number of aliphatic imine (C=N–C) groups is 1. The quantitative estimate of drug-likeness (QED) is 0.196. The zero-order chi connectivity index (χ0) is 19.8. The summed E-state index contributed by atoms with van der Waals surface area (Å²) < 4.78 is 1.12. The third kappa shape index (κ3) is 7.29. The molecule has 0 saturated heterocycles. The van der Waals surface area contributed by atoms with Crippen LogP contribution in [0.3, 0.4) is 0 Å². The molecule has 156 valence electrons. The number of para-hydroxylation sites is 1. The van der Waals surface area contributed by atoms with Gasteiger partial charge in [0.25, 0.3) is 0 Å². The van der Waals surface area contributed by atoms with E-state index in [1.807, 2.05) is 24.3 Å². The van der Waals surface area contributed by atoms with Crippen LogP contribution in [0, 0.1) is 0 Å². The lowest BCUT2D eigenvalue weighted by Gasteiger charge is -2.24. The molecule has 7 heteroatoms. The van der Waals surface area contributed by atoms with Crippen molar-refractivity contribution in [1.29, 1.82) is 0 Å². The van der Waals surface area contributed by atoms with Crippen LogP contribution in [0.25, 0.3) is 0 Å². The molecule has 1 unspecified atom stereocenters. The van der Waals surface area contributed by atoms with Crippen molar-refractivity contribution >= 4 is 57.5 Å². The van der Waals surface area contributed by atoms with Gasteiger partial charge in [-0.1, -0.05) is 46.3 Å². The van der Waals surface area contributed by atoms with Gasteiger partial charge in [0.15, 0.2) is 5.96 Å². The monoisotopic (exact) mass is 570 g/mol. The molecule has 1 aliphatic rings. The molecule has 1 atom stereocenters. The minimum atomic E-state index is 0.